The minimum Gasteiger partial charge on any atom is -0.497 e. The van der Waals surface area contributed by atoms with E-state index < -0.39 is 0 Å². The van der Waals surface area contributed by atoms with Gasteiger partial charge in [0.15, 0.2) is 0 Å². The molecule has 0 spiro atoms. The smallest absolute Gasteiger partial charge is 0.119 e. The molecule has 0 bridgehead atoms. The highest BCUT2D eigenvalue weighted by Crippen LogP contribution is 2.41. The molecule has 2 rings (SSSR count). The fourth-order valence-electron chi connectivity index (χ4n) is 2.03. The van der Waals surface area contributed by atoms with Crippen molar-refractivity contribution in [1.29, 1.82) is 0 Å². The lowest BCUT2D eigenvalue weighted by atomic mass is 10.0. The van der Waals surface area contributed by atoms with Crippen LogP contribution in [0, 0.1) is 5.92 Å². The molecule has 1 aliphatic rings. The van der Waals surface area contributed by atoms with Crippen LogP contribution in [0.2, 0.25) is 0 Å². The van der Waals surface area contributed by atoms with E-state index in [1.54, 1.807) is 7.11 Å². The number of ether oxygens (including phenoxy) is 1. The maximum atomic E-state index is 5.26. The predicted octanol–water partition coefficient (Wildman–Crippen LogP) is 2.92. The number of hydrogen-bond donors (Lipinski definition) is 1. The van der Waals surface area contributed by atoms with Crippen LogP contribution < -0.4 is 10.1 Å². The Kier molecular flexibility index (Phi) is 3.62. The minimum absolute atomic E-state index is 0.452. The molecule has 86 valence electrons. The number of hydrogen-bond acceptors (Lipinski definition) is 2. The molecule has 1 unspecified atom stereocenters. The molecule has 2 nitrogen and oxygen atoms in total. The van der Waals surface area contributed by atoms with Crippen molar-refractivity contribution in [2.45, 2.75) is 18.9 Å². The first-order valence-corrected chi connectivity index (χ1v) is 5.83. The van der Waals surface area contributed by atoms with Crippen molar-refractivity contribution < 1.29 is 4.74 Å². The minimum atomic E-state index is 0.452. The van der Waals surface area contributed by atoms with Crippen molar-refractivity contribution in [2.24, 2.45) is 5.92 Å². The van der Waals surface area contributed by atoms with Gasteiger partial charge in [-0.05, 0) is 36.5 Å². The van der Waals surface area contributed by atoms with Gasteiger partial charge in [-0.1, -0.05) is 18.2 Å². The zero-order chi connectivity index (χ0) is 11.4. The molecule has 0 amide bonds. The monoisotopic (exact) mass is 217 g/mol. The van der Waals surface area contributed by atoms with E-state index >= 15 is 0 Å². The molecule has 0 aromatic heterocycles. The third-order valence-corrected chi connectivity index (χ3v) is 3.03. The standard InChI is InChI=1S/C14H19NO/c1-3-9-15-14(11-7-8-11)12-5-4-6-13(10-12)16-2/h3-6,10-11,14-15H,1,7-9H2,2H3. The molecule has 0 aliphatic heterocycles. The van der Waals surface area contributed by atoms with Crippen molar-refractivity contribution in [1.82, 2.24) is 5.32 Å². The van der Waals surface area contributed by atoms with Gasteiger partial charge in [-0.2, -0.15) is 0 Å². The van der Waals surface area contributed by atoms with Crippen LogP contribution in [0.25, 0.3) is 0 Å². The summed E-state index contributed by atoms with van der Waals surface area (Å²) in [6, 6.07) is 8.79. The van der Waals surface area contributed by atoms with Crippen LogP contribution in [-0.4, -0.2) is 13.7 Å². The van der Waals surface area contributed by atoms with Crippen LogP contribution in [0.1, 0.15) is 24.4 Å². The van der Waals surface area contributed by atoms with Gasteiger partial charge in [0.05, 0.1) is 7.11 Å². The molecular formula is C14H19NO. The van der Waals surface area contributed by atoms with E-state index in [1.807, 2.05) is 12.1 Å². The quantitative estimate of drug-likeness (QED) is 0.740. The number of nitrogens with one attached hydrogen (secondary N) is 1. The van der Waals surface area contributed by atoms with Gasteiger partial charge < -0.3 is 10.1 Å². The van der Waals surface area contributed by atoms with E-state index in [9.17, 15) is 0 Å². The summed E-state index contributed by atoms with van der Waals surface area (Å²) < 4.78 is 5.26. The summed E-state index contributed by atoms with van der Waals surface area (Å²) >= 11 is 0. The third-order valence-electron chi connectivity index (χ3n) is 3.03. The van der Waals surface area contributed by atoms with Gasteiger partial charge in [-0.15, -0.1) is 6.58 Å². The molecule has 16 heavy (non-hydrogen) atoms. The van der Waals surface area contributed by atoms with Crippen LogP contribution in [0.3, 0.4) is 0 Å². The molecule has 1 fully saturated rings. The highest BCUT2D eigenvalue weighted by Gasteiger charge is 2.31. The first kappa shape index (κ1) is 11.2. The largest absolute Gasteiger partial charge is 0.497 e. The van der Waals surface area contributed by atoms with Crippen LogP contribution in [0.15, 0.2) is 36.9 Å². The highest BCUT2D eigenvalue weighted by atomic mass is 16.5. The summed E-state index contributed by atoms with van der Waals surface area (Å²) in [5.41, 5.74) is 1.32. The lowest BCUT2D eigenvalue weighted by Crippen LogP contribution is -2.23. The second-order valence-electron chi connectivity index (χ2n) is 4.29. The zero-order valence-corrected chi connectivity index (χ0v) is 9.78. The zero-order valence-electron chi connectivity index (χ0n) is 9.78. The molecule has 0 radical (unpaired) electrons. The molecular weight excluding hydrogens is 198 g/mol. The first-order valence-electron chi connectivity index (χ1n) is 5.83. The fourth-order valence-corrected chi connectivity index (χ4v) is 2.03. The Labute approximate surface area is 97.3 Å². The Balaban J connectivity index is 2.13. The lowest BCUT2D eigenvalue weighted by Gasteiger charge is -2.18. The van der Waals surface area contributed by atoms with E-state index in [4.69, 9.17) is 4.74 Å². The van der Waals surface area contributed by atoms with E-state index in [0.29, 0.717) is 6.04 Å². The first-order chi connectivity index (χ1) is 7.85. The van der Waals surface area contributed by atoms with Gasteiger partial charge >= 0.3 is 0 Å². The molecule has 0 saturated heterocycles. The van der Waals surface area contributed by atoms with E-state index in [1.165, 1.54) is 18.4 Å². The molecule has 1 aromatic rings. The summed E-state index contributed by atoms with van der Waals surface area (Å²) in [4.78, 5) is 0. The molecule has 1 N–H and O–H groups in total. The van der Waals surface area contributed by atoms with Gasteiger partial charge in [0.25, 0.3) is 0 Å². The Morgan fingerprint density at radius 3 is 3.00 bits per heavy atom. The SMILES string of the molecule is C=CCNC(c1cccc(OC)c1)C1CC1. The summed E-state index contributed by atoms with van der Waals surface area (Å²) in [6.45, 7) is 4.61. The van der Waals surface area contributed by atoms with Gasteiger partial charge in [0.2, 0.25) is 0 Å². The second-order valence-corrected chi connectivity index (χ2v) is 4.29. The summed E-state index contributed by atoms with van der Waals surface area (Å²) in [5.74, 6) is 1.72. The summed E-state index contributed by atoms with van der Waals surface area (Å²) in [7, 11) is 1.71. The van der Waals surface area contributed by atoms with Gasteiger partial charge in [0.1, 0.15) is 5.75 Å². The Morgan fingerprint density at radius 1 is 1.56 bits per heavy atom. The van der Waals surface area contributed by atoms with Crippen LogP contribution >= 0.6 is 0 Å². The summed E-state index contributed by atoms with van der Waals surface area (Å²) in [6.07, 6.45) is 4.56. The average molecular weight is 217 g/mol. The normalized spacial score (nSPS) is 16.8. The van der Waals surface area contributed by atoms with Gasteiger partial charge in [-0.25, -0.2) is 0 Å². The Morgan fingerprint density at radius 2 is 2.38 bits per heavy atom. The number of methoxy groups -OCH3 is 1. The second kappa shape index (κ2) is 5.17. The highest BCUT2D eigenvalue weighted by molar-refractivity contribution is 5.31. The van der Waals surface area contributed by atoms with Crippen molar-refractivity contribution in [2.75, 3.05) is 13.7 Å². The topological polar surface area (TPSA) is 21.3 Å². The van der Waals surface area contributed by atoms with Gasteiger partial charge in [-0.3, -0.25) is 0 Å². The van der Waals surface area contributed by atoms with Crippen molar-refractivity contribution >= 4 is 0 Å². The van der Waals surface area contributed by atoms with E-state index in [0.717, 1.165) is 18.2 Å². The van der Waals surface area contributed by atoms with E-state index in [2.05, 4.69) is 30.1 Å². The van der Waals surface area contributed by atoms with Crippen LogP contribution in [-0.2, 0) is 0 Å². The molecule has 2 heteroatoms. The molecule has 1 aromatic carbocycles. The van der Waals surface area contributed by atoms with Crippen molar-refractivity contribution in [3.63, 3.8) is 0 Å². The maximum absolute atomic E-state index is 5.26. The molecule has 1 atom stereocenters. The lowest BCUT2D eigenvalue weighted by molar-refractivity contribution is 0.412. The van der Waals surface area contributed by atoms with Crippen molar-refractivity contribution in [3.8, 4) is 5.75 Å². The maximum Gasteiger partial charge on any atom is 0.119 e. The fraction of sp³-hybridized carbons (Fsp3) is 0.429. The number of rotatable bonds is 6. The van der Waals surface area contributed by atoms with Gasteiger partial charge in [0, 0.05) is 12.6 Å². The molecule has 0 heterocycles. The predicted molar refractivity (Wildman–Crippen MR) is 66.7 cm³/mol. The Bertz CT molecular complexity index is 358. The number of benzene rings is 1. The van der Waals surface area contributed by atoms with E-state index in [-0.39, 0.29) is 0 Å². The molecule has 1 aliphatic carbocycles. The average Bonchev–Trinajstić information content (AvgIpc) is 3.14. The third kappa shape index (κ3) is 2.64. The van der Waals surface area contributed by atoms with Crippen molar-refractivity contribution in [3.05, 3.63) is 42.5 Å². The van der Waals surface area contributed by atoms with Crippen LogP contribution in [0.4, 0.5) is 0 Å². The summed E-state index contributed by atoms with van der Waals surface area (Å²) in [5, 5.41) is 3.53. The van der Waals surface area contributed by atoms with Crippen LogP contribution in [0.5, 0.6) is 5.75 Å². The molecule has 1 saturated carbocycles. The Hall–Kier alpha value is -1.28.